The van der Waals surface area contributed by atoms with Gasteiger partial charge in [0.15, 0.2) is 0 Å². The number of hydrogen-bond acceptors (Lipinski definition) is 1. The minimum absolute atomic E-state index is 0.255. The molecule has 2 rings (SSSR count). The van der Waals surface area contributed by atoms with E-state index in [1.165, 1.54) is 17.7 Å². The molecule has 4 heteroatoms. The van der Waals surface area contributed by atoms with Crippen molar-refractivity contribution in [2.75, 3.05) is 6.54 Å². The third-order valence-electron chi connectivity index (χ3n) is 2.75. The summed E-state index contributed by atoms with van der Waals surface area (Å²) in [4.78, 5) is 0. The van der Waals surface area contributed by atoms with Gasteiger partial charge in [-0.05, 0) is 41.9 Å². The van der Waals surface area contributed by atoms with Crippen LogP contribution in [0.5, 0.6) is 0 Å². The van der Waals surface area contributed by atoms with Crippen LogP contribution in [0.4, 0.5) is 4.39 Å². The third-order valence-corrected chi connectivity index (χ3v) is 3.12. The second kappa shape index (κ2) is 6.03. The molecular formula is C14H16ClFN2. The first kappa shape index (κ1) is 13.1. The summed E-state index contributed by atoms with van der Waals surface area (Å²) in [6.07, 6.45) is 4.03. The molecule has 0 fully saturated rings. The van der Waals surface area contributed by atoms with Gasteiger partial charge < -0.3 is 9.88 Å². The molecular weight excluding hydrogens is 251 g/mol. The van der Waals surface area contributed by atoms with Crippen molar-refractivity contribution >= 4 is 11.6 Å². The SMILES string of the molecule is CCNCc1ccn(Cc2cc(F)ccc2Cl)c1. The van der Waals surface area contributed by atoms with Crippen molar-refractivity contribution in [1.29, 1.82) is 0 Å². The van der Waals surface area contributed by atoms with E-state index >= 15 is 0 Å². The lowest BCUT2D eigenvalue weighted by Crippen LogP contribution is -2.11. The Kier molecular flexibility index (Phi) is 4.39. The molecule has 0 aliphatic carbocycles. The van der Waals surface area contributed by atoms with Crippen molar-refractivity contribution in [3.63, 3.8) is 0 Å². The zero-order valence-corrected chi connectivity index (χ0v) is 11.0. The Morgan fingerprint density at radius 1 is 1.33 bits per heavy atom. The van der Waals surface area contributed by atoms with E-state index in [4.69, 9.17) is 11.6 Å². The Hall–Kier alpha value is -1.32. The highest BCUT2D eigenvalue weighted by atomic mass is 35.5. The normalized spacial score (nSPS) is 10.8. The highest BCUT2D eigenvalue weighted by Gasteiger charge is 2.04. The maximum absolute atomic E-state index is 13.1. The molecule has 0 radical (unpaired) electrons. The molecule has 1 aromatic carbocycles. The lowest BCUT2D eigenvalue weighted by molar-refractivity contribution is 0.623. The number of halogens is 2. The fourth-order valence-electron chi connectivity index (χ4n) is 1.82. The molecule has 1 N–H and O–H groups in total. The largest absolute Gasteiger partial charge is 0.350 e. The Morgan fingerprint density at radius 3 is 2.94 bits per heavy atom. The van der Waals surface area contributed by atoms with Gasteiger partial charge in [-0.3, -0.25) is 0 Å². The molecule has 0 saturated heterocycles. The van der Waals surface area contributed by atoms with Crippen LogP contribution >= 0.6 is 11.6 Å². The topological polar surface area (TPSA) is 17.0 Å². The highest BCUT2D eigenvalue weighted by Crippen LogP contribution is 2.18. The lowest BCUT2D eigenvalue weighted by Gasteiger charge is -2.06. The number of nitrogens with one attached hydrogen (secondary N) is 1. The summed E-state index contributed by atoms with van der Waals surface area (Å²) in [5.74, 6) is -0.255. The van der Waals surface area contributed by atoms with Gasteiger partial charge in [-0.25, -0.2) is 4.39 Å². The fourth-order valence-corrected chi connectivity index (χ4v) is 2.00. The molecule has 0 aliphatic heterocycles. The predicted molar refractivity (Wildman–Crippen MR) is 72.3 cm³/mol. The predicted octanol–water partition coefficient (Wildman–Crippen LogP) is 3.44. The summed E-state index contributed by atoms with van der Waals surface area (Å²) in [5, 5.41) is 3.86. The first-order valence-corrected chi connectivity index (χ1v) is 6.36. The second-order valence-corrected chi connectivity index (χ2v) is 4.62. The lowest BCUT2D eigenvalue weighted by atomic mass is 10.2. The van der Waals surface area contributed by atoms with Crippen molar-refractivity contribution in [3.8, 4) is 0 Å². The number of aromatic nitrogens is 1. The van der Waals surface area contributed by atoms with Crippen molar-refractivity contribution in [2.24, 2.45) is 0 Å². The maximum Gasteiger partial charge on any atom is 0.123 e. The number of nitrogens with zero attached hydrogens (tertiary/aromatic N) is 1. The molecule has 2 nitrogen and oxygen atoms in total. The van der Waals surface area contributed by atoms with E-state index < -0.39 is 0 Å². The van der Waals surface area contributed by atoms with Crippen LogP contribution in [0.3, 0.4) is 0 Å². The van der Waals surface area contributed by atoms with Crippen LogP contribution in [0.2, 0.25) is 5.02 Å². The smallest absolute Gasteiger partial charge is 0.123 e. The van der Waals surface area contributed by atoms with Crippen LogP contribution in [0.1, 0.15) is 18.1 Å². The highest BCUT2D eigenvalue weighted by molar-refractivity contribution is 6.31. The van der Waals surface area contributed by atoms with E-state index in [0.29, 0.717) is 11.6 Å². The Balaban J connectivity index is 2.08. The van der Waals surface area contributed by atoms with Crippen molar-refractivity contribution in [2.45, 2.75) is 20.0 Å². The van der Waals surface area contributed by atoms with Crippen LogP contribution in [0.15, 0.2) is 36.7 Å². The molecule has 0 atom stereocenters. The summed E-state index contributed by atoms with van der Waals surface area (Å²) in [5.41, 5.74) is 2.01. The molecule has 0 saturated carbocycles. The summed E-state index contributed by atoms with van der Waals surface area (Å²) >= 11 is 6.04. The Labute approximate surface area is 111 Å². The van der Waals surface area contributed by atoms with Gasteiger partial charge >= 0.3 is 0 Å². The number of rotatable bonds is 5. The average molecular weight is 267 g/mol. The minimum Gasteiger partial charge on any atom is -0.350 e. The van der Waals surface area contributed by atoms with Gasteiger partial charge in [0.05, 0.1) is 0 Å². The summed E-state index contributed by atoms with van der Waals surface area (Å²) in [6.45, 7) is 4.45. The van der Waals surface area contributed by atoms with E-state index in [-0.39, 0.29) is 5.82 Å². The standard InChI is InChI=1S/C14H16ClFN2/c1-2-17-8-11-5-6-18(9-11)10-12-7-13(16)3-4-14(12)15/h3-7,9,17H,2,8,10H2,1H3. The Bertz CT molecular complexity index is 522. The molecule has 0 bridgehead atoms. The molecule has 1 aromatic heterocycles. The van der Waals surface area contributed by atoms with Crippen molar-refractivity contribution in [1.82, 2.24) is 9.88 Å². The number of benzene rings is 1. The van der Waals surface area contributed by atoms with E-state index in [1.54, 1.807) is 6.07 Å². The molecule has 2 aromatic rings. The van der Waals surface area contributed by atoms with Crippen LogP contribution < -0.4 is 5.32 Å². The second-order valence-electron chi connectivity index (χ2n) is 4.21. The molecule has 1 heterocycles. The molecule has 18 heavy (non-hydrogen) atoms. The Morgan fingerprint density at radius 2 is 2.17 bits per heavy atom. The summed E-state index contributed by atoms with van der Waals surface area (Å²) in [7, 11) is 0. The zero-order chi connectivity index (χ0) is 13.0. The minimum atomic E-state index is -0.255. The van der Waals surface area contributed by atoms with E-state index in [0.717, 1.165) is 18.7 Å². The quantitative estimate of drug-likeness (QED) is 0.877. The van der Waals surface area contributed by atoms with Gasteiger partial charge in [-0.15, -0.1) is 0 Å². The zero-order valence-electron chi connectivity index (χ0n) is 10.3. The summed E-state index contributed by atoms with van der Waals surface area (Å²) < 4.78 is 15.2. The van der Waals surface area contributed by atoms with E-state index in [9.17, 15) is 4.39 Å². The van der Waals surface area contributed by atoms with Gasteiger partial charge in [0.25, 0.3) is 0 Å². The monoisotopic (exact) mass is 266 g/mol. The van der Waals surface area contributed by atoms with Gasteiger partial charge in [-0.1, -0.05) is 18.5 Å². The molecule has 0 unspecified atom stereocenters. The van der Waals surface area contributed by atoms with E-state index in [1.807, 2.05) is 17.0 Å². The fraction of sp³-hybridized carbons (Fsp3) is 0.286. The van der Waals surface area contributed by atoms with E-state index in [2.05, 4.69) is 18.3 Å². The molecule has 96 valence electrons. The van der Waals surface area contributed by atoms with Crippen LogP contribution in [0, 0.1) is 5.82 Å². The van der Waals surface area contributed by atoms with Gasteiger partial charge in [0, 0.05) is 30.5 Å². The molecule has 0 aliphatic rings. The van der Waals surface area contributed by atoms with Crippen LogP contribution in [0.25, 0.3) is 0 Å². The van der Waals surface area contributed by atoms with Gasteiger partial charge in [-0.2, -0.15) is 0 Å². The van der Waals surface area contributed by atoms with Crippen LogP contribution in [-0.2, 0) is 13.1 Å². The number of hydrogen-bond donors (Lipinski definition) is 1. The van der Waals surface area contributed by atoms with Gasteiger partial charge in [0.2, 0.25) is 0 Å². The van der Waals surface area contributed by atoms with Gasteiger partial charge in [0.1, 0.15) is 5.82 Å². The first-order chi connectivity index (χ1) is 8.69. The first-order valence-electron chi connectivity index (χ1n) is 5.98. The molecule has 0 spiro atoms. The summed E-state index contributed by atoms with van der Waals surface area (Å²) in [6, 6.07) is 6.50. The third kappa shape index (κ3) is 3.34. The average Bonchev–Trinajstić information content (AvgIpc) is 2.79. The van der Waals surface area contributed by atoms with Crippen molar-refractivity contribution in [3.05, 3.63) is 58.6 Å². The van der Waals surface area contributed by atoms with Crippen LogP contribution in [-0.4, -0.2) is 11.1 Å². The van der Waals surface area contributed by atoms with Crippen molar-refractivity contribution < 1.29 is 4.39 Å². The molecule has 0 amide bonds. The maximum atomic E-state index is 13.1.